The Balaban J connectivity index is 0.000000201. The van der Waals surface area contributed by atoms with Crippen LogP contribution in [0.4, 0.5) is 41.4 Å². The van der Waals surface area contributed by atoms with Gasteiger partial charge in [-0.1, -0.05) is 35.3 Å². The molecule has 8 rings (SSSR count). The van der Waals surface area contributed by atoms with Crippen LogP contribution in [0.25, 0.3) is 21.8 Å². The molecule has 2 aromatic heterocycles. The number of anilines is 4. The lowest BCUT2D eigenvalue weighted by Gasteiger charge is -2.34. The zero-order valence-corrected chi connectivity index (χ0v) is 40.9. The lowest BCUT2D eigenvalue weighted by molar-refractivity contribution is 0.0188. The number of piperidine rings is 2. The van der Waals surface area contributed by atoms with Crippen LogP contribution in [0.5, 0.6) is 11.5 Å². The molecular weight excluding hydrogens is 918 g/mol. The Morgan fingerprint density at radius 2 is 1.03 bits per heavy atom. The average molecular weight is 974 g/mol. The predicted octanol–water partition coefficient (Wildman–Crippen LogP) is 12.6. The van der Waals surface area contributed by atoms with E-state index in [0.29, 0.717) is 71.1 Å². The van der Waals surface area contributed by atoms with E-state index in [9.17, 15) is 18.4 Å². The van der Waals surface area contributed by atoms with Gasteiger partial charge in [-0.3, -0.25) is 0 Å². The quantitative estimate of drug-likeness (QED) is 0.149. The number of ether oxygens (including phenoxy) is 4. The summed E-state index contributed by atoms with van der Waals surface area (Å²) in [6.45, 7) is 13.5. The van der Waals surface area contributed by atoms with Crippen LogP contribution >= 0.6 is 23.2 Å². The van der Waals surface area contributed by atoms with Gasteiger partial charge < -0.3 is 39.4 Å². The normalized spacial score (nSPS) is 16.4. The Hall–Kier alpha value is -6.26. The largest absolute Gasteiger partial charge is 0.496 e. The zero-order chi connectivity index (χ0) is 48.9. The van der Waals surface area contributed by atoms with E-state index in [4.69, 9.17) is 42.1 Å². The van der Waals surface area contributed by atoms with Crippen LogP contribution in [-0.2, 0) is 9.47 Å². The van der Waals surface area contributed by atoms with Gasteiger partial charge in [-0.2, -0.15) is 0 Å². The van der Waals surface area contributed by atoms with Crippen LogP contribution in [0.15, 0.2) is 73.3 Å². The number of hydrogen-bond acceptors (Lipinski definition) is 12. The summed E-state index contributed by atoms with van der Waals surface area (Å²) in [4.78, 5) is 46.2. The minimum Gasteiger partial charge on any atom is -0.496 e. The van der Waals surface area contributed by atoms with Gasteiger partial charge in [0.25, 0.3) is 0 Å². The number of hydrogen-bond donors (Lipinski definition) is 2. The van der Waals surface area contributed by atoms with Crippen molar-refractivity contribution in [3.05, 3.63) is 106 Å². The van der Waals surface area contributed by atoms with Crippen LogP contribution < -0.4 is 20.1 Å². The molecule has 2 aliphatic rings. The second-order valence-electron chi connectivity index (χ2n) is 18.7. The number of rotatable bonds is 8. The smallest absolute Gasteiger partial charge is 0.410 e. The molecule has 360 valence electrons. The molecule has 14 nitrogen and oxygen atoms in total. The van der Waals surface area contributed by atoms with Crippen molar-refractivity contribution >= 4 is 80.2 Å². The highest BCUT2D eigenvalue weighted by atomic mass is 35.5. The van der Waals surface area contributed by atoms with E-state index in [1.54, 1.807) is 48.3 Å². The van der Waals surface area contributed by atoms with Crippen LogP contribution in [0.1, 0.15) is 90.2 Å². The Kier molecular flexibility index (Phi) is 15.3. The minimum absolute atomic E-state index is 0.0233. The Labute approximate surface area is 404 Å². The van der Waals surface area contributed by atoms with Gasteiger partial charge in [0.05, 0.1) is 46.7 Å². The van der Waals surface area contributed by atoms with Crippen LogP contribution in [0.3, 0.4) is 0 Å². The van der Waals surface area contributed by atoms with Gasteiger partial charge in [0.1, 0.15) is 47.0 Å². The van der Waals surface area contributed by atoms with Crippen molar-refractivity contribution in [1.29, 1.82) is 0 Å². The fourth-order valence-electron chi connectivity index (χ4n) is 8.29. The number of halogens is 4. The van der Waals surface area contributed by atoms with Crippen molar-refractivity contribution < 1.29 is 37.3 Å². The van der Waals surface area contributed by atoms with E-state index in [-0.39, 0.29) is 45.4 Å². The standard InChI is InChI=1S/2C25H28ClFN4O3/c2*1-25(2,3)34-24(32)31-10-6-7-15(13-31)16-11-17-20(12-21(16)33-4)28-14-29-23(17)30-19-9-5-8-18(26)22(19)27/h2*5,8-9,11-12,14-15H,6-7,10,13H2,1-4H3,(H,28,29,30)/t15-;/m0./s1. The van der Waals surface area contributed by atoms with E-state index in [2.05, 4.69) is 30.6 Å². The third kappa shape index (κ3) is 11.9. The lowest BCUT2D eigenvalue weighted by Crippen LogP contribution is -2.42. The third-order valence-electron chi connectivity index (χ3n) is 11.4. The van der Waals surface area contributed by atoms with E-state index in [0.717, 1.165) is 36.8 Å². The molecule has 2 N–H and O–H groups in total. The van der Waals surface area contributed by atoms with E-state index in [1.807, 2.05) is 65.8 Å². The zero-order valence-electron chi connectivity index (χ0n) is 39.4. The SMILES string of the molecule is COc1cc2ncnc(Nc3cccc(Cl)c3F)c2cc1C1CCCN(C(=O)OC(C)(C)C)C1.COc1cc2ncnc(Nc3cccc(Cl)c3F)c2cc1[C@H]1CCCN(C(=O)OC(C)(C)C)C1. The fourth-order valence-corrected chi connectivity index (χ4v) is 8.64. The van der Waals surface area contributed by atoms with Crippen molar-refractivity contribution in [3.8, 4) is 11.5 Å². The Morgan fingerprint density at radius 1 is 0.632 bits per heavy atom. The van der Waals surface area contributed by atoms with E-state index in [1.165, 1.54) is 24.8 Å². The first kappa shape index (κ1) is 49.6. The summed E-state index contributed by atoms with van der Waals surface area (Å²) in [5.41, 5.74) is 2.51. The van der Waals surface area contributed by atoms with Gasteiger partial charge in [0.15, 0.2) is 11.6 Å². The molecule has 2 fully saturated rings. The van der Waals surface area contributed by atoms with Gasteiger partial charge in [0, 0.05) is 60.9 Å². The van der Waals surface area contributed by atoms with E-state index >= 15 is 0 Å². The van der Waals surface area contributed by atoms with Crippen molar-refractivity contribution in [2.75, 3.05) is 51.0 Å². The summed E-state index contributed by atoms with van der Waals surface area (Å²) in [7, 11) is 3.22. The lowest BCUT2D eigenvalue weighted by atomic mass is 9.89. The molecule has 4 aromatic carbocycles. The summed E-state index contributed by atoms with van der Waals surface area (Å²) in [6.07, 6.45) is 5.65. The molecule has 0 radical (unpaired) electrons. The Bertz CT molecular complexity index is 2620. The highest BCUT2D eigenvalue weighted by molar-refractivity contribution is 6.31. The molecule has 2 atom stereocenters. The van der Waals surface area contributed by atoms with Crippen molar-refractivity contribution in [1.82, 2.24) is 29.7 Å². The Morgan fingerprint density at radius 3 is 1.40 bits per heavy atom. The monoisotopic (exact) mass is 972 g/mol. The first-order valence-corrected chi connectivity index (χ1v) is 23.1. The van der Waals surface area contributed by atoms with Gasteiger partial charge in [-0.15, -0.1) is 0 Å². The first-order chi connectivity index (χ1) is 32.3. The minimum atomic E-state index is -0.557. The maximum Gasteiger partial charge on any atom is 0.410 e. The molecule has 2 aliphatic heterocycles. The molecule has 0 spiro atoms. The summed E-state index contributed by atoms with van der Waals surface area (Å²) >= 11 is 11.9. The van der Waals surface area contributed by atoms with Crippen molar-refractivity contribution in [2.45, 2.75) is 90.3 Å². The van der Waals surface area contributed by atoms with Gasteiger partial charge in [-0.05, 0) is 115 Å². The fraction of sp³-hybridized carbons (Fsp3) is 0.400. The highest BCUT2D eigenvalue weighted by Gasteiger charge is 2.32. The summed E-state index contributed by atoms with van der Waals surface area (Å²) in [5.74, 6) is 1.25. The van der Waals surface area contributed by atoms with Crippen LogP contribution in [0.2, 0.25) is 10.0 Å². The van der Waals surface area contributed by atoms with Crippen LogP contribution in [0, 0.1) is 11.6 Å². The number of carbonyl (C=O) groups excluding carboxylic acids is 2. The van der Waals surface area contributed by atoms with Gasteiger partial charge in [0.2, 0.25) is 0 Å². The number of aromatic nitrogens is 4. The van der Waals surface area contributed by atoms with Crippen LogP contribution in [-0.4, -0.2) is 93.5 Å². The number of nitrogens with zero attached hydrogens (tertiary/aromatic N) is 6. The molecule has 0 saturated carbocycles. The van der Waals surface area contributed by atoms with Crippen molar-refractivity contribution in [2.24, 2.45) is 0 Å². The molecule has 2 amide bonds. The number of carbonyl (C=O) groups is 2. The van der Waals surface area contributed by atoms with Gasteiger partial charge in [-0.25, -0.2) is 38.3 Å². The molecular formula is C50H56Cl2F2N8O6. The highest BCUT2D eigenvalue weighted by Crippen LogP contribution is 2.40. The number of methoxy groups -OCH3 is 2. The number of benzene rings is 4. The molecule has 68 heavy (non-hydrogen) atoms. The summed E-state index contributed by atoms with van der Waals surface area (Å²) < 4.78 is 51.5. The second-order valence-corrected chi connectivity index (χ2v) is 19.5. The molecule has 0 bridgehead atoms. The second kappa shape index (κ2) is 20.9. The number of amides is 2. The van der Waals surface area contributed by atoms with Crippen molar-refractivity contribution in [3.63, 3.8) is 0 Å². The van der Waals surface area contributed by atoms with Gasteiger partial charge >= 0.3 is 12.2 Å². The molecule has 1 unspecified atom stereocenters. The number of likely N-dealkylation sites (tertiary alicyclic amines) is 2. The summed E-state index contributed by atoms with van der Waals surface area (Å²) in [5, 5.41) is 7.56. The summed E-state index contributed by atoms with van der Waals surface area (Å²) in [6, 6.07) is 17.1. The molecule has 18 heteroatoms. The third-order valence-corrected chi connectivity index (χ3v) is 12.0. The van der Waals surface area contributed by atoms with E-state index < -0.39 is 22.8 Å². The maximum atomic E-state index is 14.5. The predicted molar refractivity (Wildman–Crippen MR) is 261 cm³/mol. The number of fused-ring (bicyclic) bond motifs is 2. The first-order valence-electron chi connectivity index (χ1n) is 22.4. The average Bonchev–Trinajstić information content (AvgIpc) is 3.30. The molecule has 0 aliphatic carbocycles. The maximum absolute atomic E-state index is 14.5. The molecule has 6 aromatic rings. The number of nitrogens with one attached hydrogen (secondary N) is 2. The molecule has 4 heterocycles. The topological polar surface area (TPSA) is 153 Å². The molecule has 2 saturated heterocycles.